The normalized spacial score (nSPS) is 11.4. The highest BCUT2D eigenvalue weighted by Gasteiger charge is 2.25. The number of nitrogens with one attached hydrogen (secondary N) is 3. The molecule has 2 aromatic heterocycles. The van der Waals surface area contributed by atoms with Crippen LogP contribution in [0.1, 0.15) is 39.4 Å². The number of carbonyl (C=O) groups excluding carboxylic acids is 2. The van der Waals surface area contributed by atoms with E-state index in [0.717, 1.165) is 5.56 Å². The van der Waals surface area contributed by atoms with E-state index in [-0.39, 0.29) is 5.91 Å². The van der Waals surface area contributed by atoms with Gasteiger partial charge in [-0.2, -0.15) is 5.10 Å². The second-order valence-electron chi connectivity index (χ2n) is 7.33. The molecule has 0 unspecified atom stereocenters. The highest BCUT2D eigenvalue weighted by atomic mass is 32.1. The summed E-state index contributed by atoms with van der Waals surface area (Å²) in [6, 6.07) is 16.6. The molecule has 0 saturated heterocycles. The van der Waals surface area contributed by atoms with E-state index >= 15 is 0 Å². The Balaban J connectivity index is 1.53. The van der Waals surface area contributed by atoms with Gasteiger partial charge in [-0.15, -0.1) is 11.3 Å². The molecule has 0 radical (unpaired) electrons. The van der Waals surface area contributed by atoms with Crippen molar-refractivity contribution in [3.63, 3.8) is 0 Å². The molecule has 30 heavy (non-hydrogen) atoms. The number of hydrogen-bond acceptors (Lipinski definition) is 4. The lowest BCUT2D eigenvalue weighted by atomic mass is 9.94. The van der Waals surface area contributed by atoms with Crippen LogP contribution in [0.25, 0.3) is 10.2 Å². The van der Waals surface area contributed by atoms with Crippen molar-refractivity contribution in [3.05, 3.63) is 82.5 Å². The summed E-state index contributed by atoms with van der Waals surface area (Å²) in [7, 11) is 0. The Kier molecular flexibility index (Phi) is 5.09. The first-order chi connectivity index (χ1) is 14.3. The summed E-state index contributed by atoms with van der Waals surface area (Å²) in [5.74, 6) is -0.724. The van der Waals surface area contributed by atoms with Gasteiger partial charge in [-0.05, 0) is 49.7 Å². The van der Waals surface area contributed by atoms with Crippen LogP contribution in [0.5, 0.6) is 0 Å². The third-order valence-corrected chi connectivity index (χ3v) is 5.78. The van der Waals surface area contributed by atoms with Gasteiger partial charge in [0.15, 0.2) is 5.82 Å². The van der Waals surface area contributed by atoms with Crippen LogP contribution in [0, 0.1) is 5.82 Å². The lowest BCUT2D eigenvalue weighted by Gasteiger charge is -2.26. The largest absolute Gasteiger partial charge is 0.342 e. The van der Waals surface area contributed by atoms with Gasteiger partial charge in [0.2, 0.25) is 0 Å². The van der Waals surface area contributed by atoms with E-state index in [0.29, 0.717) is 26.5 Å². The van der Waals surface area contributed by atoms with E-state index in [4.69, 9.17) is 0 Å². The summed E-state index contributed by atoms with van der Waals surface area (Å²) in [5, 5.41) is 13.3. The molecule has 2 aromatic carbocycles. The van der Waals surface area contributed by atoms with Crippen LogP contribution >= 0.6 is 11.3 Å². The lowest BCUT2D eigenvalue weighted by Crippen LogP contribution is -2.40. The van der Waals surface area contributed by atoms with E-state index < -0.39 is 17.3 Å². The molecule has 0 saturated carbocycles. The number of benzene rings is 2. The number of rotatable bonds is 5. The van der Waals surface area contributed by atoms with Crippen molar-refractivity contribution in [2.45, 2.75) is 19.4 Å². The Morgan fingerprint density at radius 1 is 1.03 bits per heavy atom. The van der Waals surface area contributed by atoms with E-state index in [2.05, 4.69) is 20.8 Å². The maximum Gasteiger partial charge on any atom is 0.262 e. The first-order valence-electron chi connectivity index (χ1n) is 9.26. The second kappa shape index (κ2) is 7.72. The molecule has 152 valence electrons. The van der Waals surface area contributed by atoms with Crippen molar-refractivity contribution >= 4 is 39.2 Å². The SMILES string of the molecule is CC(C)(NC(=O)c1cc2c(NC(=O)c3ccc(F)cc3)n[nH]c2s1)c1ccccc1. The summed E-state index contributed by atoms with van der Waals surface area (Å²) in [4.78, 5) is 26.4. The quantitative estimate of drug-likeness (QED) is 0.436. The number of anilines is 1. The van der Waals surface area contributed by atoms with E-state index in [1.165, 1.54) is 35.6 Å². The molecule has 4 rings (SSSR count). The van der Waals surface area contributed by atoms with E-state index in [1.54, 1.807) is 6.07 Å². The van der Waals surface area contributed by atoms with Gasteiger partial charge in [-0.25, -0.2) is 4.39 Å². The van der Waals surface area contributed by atoms with Gasteiger partial charge in [0.25, 0.3) is 11.8 Å². The molecule has 2 amide bonds. The summed E-state index contributed by atoms with van der Waals surface area (Å²) >= 11 is 1.26. The standard InChI is InChI=1S/C22H19FN4O2S/c1-22(2,14-6-4-3-5-7-14)25-20(29)17-12-16-18(26-27-21(16)30-17)24-19(28)13-8-10-15(23)11-9-13/h3-12H,1-2H3,(H,25,29)(H2,24,26,27,28). The predicted molar refractivity (Wildman–Crippen MR) is 115 cm³/mol. The zero-order chi connectivity index (χ0) is 21.3. The van der Waals surface area contributed by atoms with Crippen molar-refractivity contribution < 1.29 is 14.0 Å². The number of amides is 2. The van der Waals surface area contributed by atoms with Crippen molar-refractivity contribution in [3.8, 4) is 0 Å². The molecule has 8 heteroatoms. The fourth-order valence-corrected chi connectivity index (χ4v) is 3.97. The smallest absolute Gasteiger partial charge is 0.262 e. The minimum absolute atomic E-state index is 0.214. The van der Waals surface area contributed by atoms with Crippen LogP contribution < -0.4 is 10.6 Å². The fourth-order valence-electron chi connectivity index (χ4n) is 3.08. The van der Waals surface area contributed by atoms with Crippen LogP contribution in [-0.4, -0.2) is 22.0 Å². The van der Waals surface area contributed by atoms with Gasteiger partial charge < -0.3 is 10.6 Å². The molecule has 3 N–H and O–H groups in total. The van der Waals surface area contributed by atoms with Crippen LogP contribution in [-0.2, 0) is 5.54 Å². The topological polar surface area (TPSA) is 86.9 Å². The van der Waals surface area contributed by atoms with Crippen molar-refractivity contribution in [1.29, 1.82) is 0 Å². The number of carbonyl (C=O) groups is 2. The van der Waals surface area contributed by atoms with Gasteiger partial charge in [0.1, 0.15) is 10.6 Å². The van der Waals surface area contributed by atoms with Gasteiger partial charge in [-0.1, -0.05) is 30.3 Å². The predicted octanol–water partition coefficient (Wildman–Crippen LogP) is 4.68. The summed E-state index contributed by atoms with van der Waals surface area (Å²) in [5.41, 5.74) is 0.758. The Morgan fingerprint density at radius 2 is 1.73 bits per heavy atom. The lowest BCUT2D eigenvalue weighted by molar-refractivity contribution is 0.0915. The number of thiophene rings is 1. The van der Waals surface area contributed by atoms with E-state index in [9.17, 15) is 14.0 Å². The number of aromatic amines is 1. The Hall–Kier alpha value is -3.52. The molecule has 0 spiro atoms. The Morgan fingerprint density at radius 3 is 2.43 bits per heavy atom. The first-order valence-corrected chi connectivity index (χ1v) is 10.1. The molecule has 2 heterocycles. The first kappa shape index (κ1) is 19.8. The average molecular weight is 422 g/mol. The molecule has 0 aliphatic rings. The molecule has 0 bridgehead atoms. The van der Waals surface area contributed by atoms with Crippen LogP contribution in [0.2, 0.25) is 0 Å². The van der Waals surface area contributed by atoms with Gasteiger partial charge in [0.05, 0.1) is 15.8 Å². The molecule has 0 aliphatic heterocycles. The Labute approximate surface area is 176 Å². The van der Waals surface area contributed by atoms with Crippen LogP contribution in [0.3, 0.4) is 0 Å². The summed E-state index contributed by atoms with van der Waals surface area (Å²) < 4.78 is 13.1. The number of aromatic nitrogens is 2. The zero-order valence-corrected chi connectivity index (χ0v) is 17.1. The number of hydrogen-bond donors (Lipinski definition) is 3. The number of H-pyrrole nitrogens is 1. The molecule has 0 aliphatic carbocycles. The van der Waals surface area contributed by atoms with Gasteiger partial charge >= 0.3 is 0 Å². The van der Waals surface area contributed by atoms with Crippen LogP contribution in [0.4, 0.5) is 10.2 Å². The third kappa shape index (κ3) is 3.95. The summed E-state index contributed by atoms with van der Waals surface area (Å²) in [6.07, 6.45) is 0. The monoisotopic (exact) mass is 422 g/mol. The second-order valence-corrected chi connectivity index (χ2v) is 8.38. The number of fused-ring (bicyclic) bond motifs is 1. The molecule has 0 fully saturated rings. The van der Waals surface area contributed by atoms with Crippen LogP contribution in [0.15, 0.2) is 60.7 Å². The van der Waals surface area contributed by atoms with Gasteiger partial charge in [0, 0.05) is 5.56 Å². The minimum Gasteiger partial charge on any atom is -0.342 e. The highest BCUT2D eigenvalue weighted by Crippen LogP contribution is 2.30. The average Bonchev–Trinajstić information content (AvgIpc) is 3.31. The van der Waals surface area contributed by atoms with E-state index in [1.807, 2.05) is 44.2 Å². The molecule has 6 nitrogen and oxygen atoms in total. The molecule has 0 atom stereocenters. The Bertz CT molecular complexity index is 1210. The van der Waals surface area contributed by atoms with Crippen molar-refractivity contribution in [2.24, 2.45) is 0 Å². The number of halogens is 1. The maximum absolute atomic E-state index is 13.1. The minimum atomic E-state index is -0.548. The number of nitrogens with zero attached hydrogens (tertiary/aromatic N) is 1. The maximum atomic E-state index is 13.1. The highest BCUT2D eigenvalue weighted by molar-refractivity contribution is 7.20. The zero-order valence-electron chi connectivity index (χ0n) is 16.3. The van der Waals surface area contributed by atoms with Crippen molar-refractivity contribution in [2.75, 3.05) is 5.32 Å². The fraction of sp³-hybridized carbons (Fsp3) is 0.136. The third-order valence-electron chi connectivity index (χ3n) is 4.74. The van der Waals surface area contributed by atoms with Gasteiger partial charge in [-0.3, -0.25) is 14.7 Å². The molecular weight excluding hydrogens is 403 g/mol. The molecule has 4 aromatic rings. The summed E-state index contributed by atoms with van der Waals surface area (Å²) in [6.45, 7) is 3.88. The van der Waals surface area contributed by atoms with Crippen molar-refractivity contribution in [1.82, 2.24) is 15.5 Å². The molecular formula is C22H19FN4O2S.